The maximum absolute atomic E-state index is 11.7. The van der Waals surface area contributed by atoms with Gasteiger partial charge in [-0.1, -0.05) is 52.3 Å². The Bertz CT molecular complexity index is 551. The van der Waals surface area contributed by atoms with Crippen LogP contribution in [0.25, 0.3) is 10.8 Å². The van der Waals surface area contributed by atoms with Crippen LogP contribution in [-0.4, -0.2) is 17.5 Å². The van der Waals surface area contributed by atoms with E-state index < -0.39 is 6.09 Å². The van der Waals surface area contributed by atoms with Crippen LogP contribution in [0.1, 0.15) is 6.92 Å². The van der Waals surface area contributed by atoms with Crippen LogP contribution in [0.5, 0.6) is 0 Å². The van der Waals surface area contributed by atoms with Crippen LogP contribution in [0, 0.1) is 0 Å². The molecule has 94 valence electrons. The Labute approximate surface area is 114 Å². The van der Waals surface area contributed by atoms with E-state index >= 15 is 0 Å². The molecular weight excluding hydrogens is 294 g/mol. The first kappa shape index (κ1) is 12.9. The monoisotopic (exact) mass is 307 g/mol. The Morgan fingerprint density at radius 2 is 2.00 bits per heavy atom. The fourth-order valence-electron chi connectivity index (χ4n) is 1.69. The van der Waals surface area contributed by atoms with Crippen molar-refractivity contribution in [2.45, 2.75) is 13.0 Å². The summed E-state index contributed by atoms with van der Waals surface area (Å²) in [5.41, 5.74) is 0.764. The first-order valence-electron chi connectivity index (χ1n) is 5.72. The second-order valence-electron chi connectivity index (χ2n) is 4.02. The van der Waals surface area contributed by atoms with Gasteiger partial charge in [-0.25, -0.2) is 4.79 Å². The van der Waals surface area contributed by atoms with Crippen molar-refractivity contribution in [1.29, 1.82) is 0 Å². The number of carbonyl (C=O) groups excluding carboxylic acids is 1. The maximum atomic E-state index is 11.7. The molecule has 0 fully saturated rings. The van der Waals surface area contributed by atoms with Gasteiger partial charge in [0.2, 0.25) is 0 Å². The Kier molecular flexibility index (Phi) is 4.20. The number of nitrogens with one attached hydrogen (secondary N) is 1. The summed E-state index contributed by atoms with van der Waals surface area (Å²) in [7, 11) is 0. The topological polar surface area (TPSA) is 38.3 Å². The number of anilines is 1. The molecule has 3 nitrogen and oxygen atoms in total. The summed E-state index contributed by atoms with van der Waals surface area (Å²) in [5.74, 6) is 0. The van der Waals surface area contributed by atoms with Crippen LogP contribution in [0.3, 0.4) is 0 Å². The summed E-state index contributed by atoms with van der Waals surface area (Å²) >= 11 is 3.26. The highest BCUT2D eigenvalue weighted by molar-refractivity contribution is 9.09. The predicted molar refractivity (Wildman–Crippen MR) is 77.3 cm³/mol. The molecule has 0 saturated carbocycles. The molecular formula is C14H14BrNO2. The van der Waals surface area contributed by atoms with E-state index in [0.717, 1.165) is 16.5 Å². The average molecular weight is 308 g/mol. The van der Waals surface area contributed by atoms with Crippen molar-refractivity contribution in [2.24, 2.45) is 0 Å². The molecule has 1 atom stereocenters. The average Bonchev–Trinajstić information content (AvgIpc) is 2.39. The number of rotatable bonds is 3. The third kappa shape index (κ3) is 3.01. The molecule has 18 heavy (non-hydrogen) atoms. The van der Waals surface area contributed by atoms with Crippen LogP contribution in [0.15, 0.2) is 42.5 Å². The van der Waals surface area contributed by atoms with E-state index in [9.17, 15) is 4.79 Å². The molecule has 0 heterocycles. The normalized spacial score (nSPS) is 12.1. The molecule has 0 aliphatic rings. The van der Waals surface area contributed by atoms with Crippen LogP contribution in [0.4, 0.5) is 10.5 Å². The molecule has 2 aromatic carbocycles. The van der Waals surface area contributed by atoms with E-state index in [2.05, 4.69) is 21.2 Å². The quantitative estimate of drug-likeness (QED) is 0.864. The van der Waals surface area contributed by atoms with Gasteiger partial charge >= 0.3 is 6.09 Å². The summed E-state index contributed by atoms with van der Waals surface area (Å²) in [6.07, 6.45) is -0.585. The molecule has 0 aliphatic carbocycles. The fraction of sp³-hybridized carbons (Fsp3) is 0.214. The highest BCUT2D eigenvalue weighted by atomic mass is 79.9. The lowest BCUT2D eigenvalue weighted by Crippen LogP contribution is -2.21. The molecule has 0 aliphatic heterocycles. The minimum absolute atomic E-state index is 0.153. The zero-order valence-corrected chi connectivity index (χ0v) is 11.6. The van der Waals surface area contributed by atoms with E-state index in [1.165, 1.54) is 0 Å². The van der Waals surface area contributed by atoms with Crippen LogP contribution in [0.2, 0.25) is 0 Å². The lowest BCUT2D eigenvalue weighted by Gasteiger charge is -2.12. The molecule has 1 unspecified atom stereocenters. The number of halogens is 1. The Balaban J connectivity index is 2.19. The number of fused-ring (bicyclic) bond motifs is 1. The molecule has 2 aromatic rings. The number of ether oxygens (including phenoxy) is 1. The smallest absolute Gasteiger partial charge is 0.411 e. The van der Waals surface area contributed by atoms with Crippen molar-refractivity contribution >= 4 is 38.5 Å². The Morgan fingerprint density at radius 3 is 2.78 bits per heavy atom. The van der Waals surface area contributed by atoms with E-state index in [1.807, 2.05) is 49.4 Å². The molecule has 0 radical (unpaired) electrons. The Hall–Kier alpha value is -1.55. The summed E-state index contributed by atoms with van der Waals surface area (Å²) in [5, 5.41) is 5.48. The van der Waals surface area contributed by atoms with Gasteiger partial charge in [-0.15, -0.1) is 0 Å². The molecule has 0 aromatic heterocycles. The number of carbonyl (C=O) groups is 1. The number of benzene rings is 2. The molecule has 0 spiro atoms. The number of hydrogen-bond donors (Lipinski definition) is 1. The van der Waals surface area contributed by atoms with E-state index in [1.54, 1.807) is 0 Å². The standard InChI is InChI=1S/C14H14BrNO2/c1-10(9-15)18-14(17)16-13-8-4-6-11-5-2-3-7-12(11)13/h2-8,10H,9H2,1H3,(H,16,17). The first-order valence-corrected chi connectivity index (χ1v) is 6.84. The minimum atomic E-state index is -0.432. The van der Waals surface area contributed by atoms with Gasteiger partial charge in [0.25, 0.3) is 0 Å². The van der Waals surface area contributed by atoms with E-state index in [-0.39, 0.29) is 6.10 Å². The zero-order valence-electron chi connectivity index (χ0n) is 10.0. The van der Waals surface area contributed by atoms with Crippen molar-refractivity contribution < 1.29 is 9.53 Å². The summed E-state index contributed by atoms with van der Waals surface area (Å²) in [6.45, 7) is 1.83. The minimum Gasteiger partial charge on any atom is -0.445 e. The van der Waals surface area contributed by atoms with Gasteiger partial charge < -0.3 is 4.74 Å². The van der Waals surface area contributed by atoms with E-state index in [4.69, 9.17) is 4.74 Å². The Morgan fingerprint density at radius 1 is 1.28 bits per heavy atom. The van der Waals surface area contributed by atoms with Crippen molar-refractivity contribution in [3.8, 4) is 0 Å². The zero-order chi connectivity index (χ0) is 13.0. The third-order valence-corrected chi connectivity index (χ3v) is 3.46. The third-order valence-electron chi connectivity index (χ3n) is 2.55. The maximum Gasteiger partial charge on any atom is 0.411 e. The van der Waals surface area contributed by atoms with Crippen molar-refractivity contribution in [3.63, 3.8) is 0 Å². The molecule has 0 bridgehead atoms. The highest BCUT2D eigenvalue weighted by Crippen LogP contribution is 2.23. The largest absolute Gasteiger partial charge is 0.445 e. The van der Waals surface area contributed by atoms with Gasteiger partial charge in [0.15, 0.2) is 0 Å². The fourth-order valence-corrected chi connectivity index (χ4v) is 1.82. The van der Waals surface area contributed by atoms with Crippen molar-refractivity contribution in [2.75, 3.05) is 10.6 Å². The van der Waals surface area contributed by atoms with Crippen molar-refractivity contribution in [1.82, 2.24) is 0 Å². The van der Waals surface area contributed by atoms with Gasteiger partial charge in [0.1, 0.15) is 6.10 Å². The number of hydrogen-bond acceptors (Lipinski definition) is 2. The molecule has 4 heteroatoms. The summed E-state index contributed by atoms with van der Waals surface area (Å²) < 4.78 is 5.16. The summed E-state index contributed by atoms with van der Waals surface area (Å²) in [4.78, 5) is 11.7. The lowest BCUT2D eigenvalue weighted by atomic mass is 10.1. The molecule has 1 N–H and O–H groups in total. The number of alkyl halides is 1. The van der Waals surface area contributed by atoms with Crippen LogP contribution >= 0.6 is 15.9 Å². The second-order valence-corrected chi connectivity index (χ2v) is 4.67. The second kappa shape index (κ2) is 5.87. The van der Waals surface area contributed by atoms with Crippen LogP contribution < -0.4 is 5.32 Å². The highest BCUT2D eigenvalue weighted by Gasteiger charge is 2.09. The first-order chi connectivity index (χ1) is 8.70. The van der Waals surface area contributed by atoms with Crippen LogP contribution in [-0.2, 0) is 4.74 Å². The van der Waals surface area contributed by atoms with E-state index in [0.29, 0.717) is 5.33 Å². The molecule has 0 saturated heterocycles. The van der Waals surface area contributed by atoms with Crippen molar-refractivity contribution in [3.05, 3.63) is 42.5 Å². The lowest BCUT2D eigenvalue weighted by molar-refractivity contribution is 0.132. The van der Waals surface area contributed by atoms with Gasteiger partial charge in [0, 0.05) is 10.7 Å². The number of amides is 1. The summed E-state index contributed by atoms with van der Waals surface area (Å²) in [6, 6.07) is 13.7. The molecule has 1 amide bonds. The SMILES string of the molecule is CC(CBr)OC(=O)Nc1cccc2ccccc12. The molecule has 2 rings (SSSR count). The van der Waals surface area contributed by atoms with Gasteiger partial charge in [0.05, 0.1) is 5.69 Å². The predicted octanol–water partition coefficient (Wildman–Crippen LogP) is 4.17. The van der Waals surface area contributed by atoms with Gasteiger partial charge in [-0.05, 0) is 18.4 Å². The van der Waals surface area contributed by atoms with Gasteiger partial charge in [-0.3, -0.25) is 5.32 Å². The van der Waals surface area contributed by atoms with Gasteiger partial charge in [-0.2, -0.15) is 0 Å².